The minimum absolute atomic E-state index is 0.0520. The van der Waals surface area contributed by atoms with E-state index in [2.05, 4.69) is 0 Å². The number of likely N-dealkylation sites (tertiary alicyclic amines) is 1. The monoisotopic (exact) mass is 353 g/mol. The number of amides is 1. The number of thiophene rings is 1. The highest BCUT2D eigenvalue weighted by molar-refractivity contribution is 7.12. The molecule has 7 heteroatoms. The molecule has 126 valence electrons. The topological polar surface area (TPSA) is 37.4 Å². The molecule has 1 fully saturated rings. The van der Waals surface area contributed by atoms with E-state index in [-0.39, 0.29) is 24.8 Å². The van der Waals surface area contributed by atoms with Crippen molar-refractivity contribution in [3.8, 4) is 0 Å². The van der Waals surface area contributed by atoms with Crippen molar-refractivity contribution in [3.63, 3.8) is 0 Å². The Labute approximate surface area is 140 Å². The number of halogens is 3. The Morgan fingerprint density at radius 3 is 2.38 bits per heavy atom. The van der Waals surface area contributed by atoms with Gasteiger partial charge in [0.15, 0.2) is 23.2 Å². The van der Waals surface area contributed by atoms with Crippen LogP contribution in [0.2, 0.25) is 0 Å². The summed E-state index contributed by atoms with van der Waals surface area (Å²) in [5.74, 6) is -5.27. The molecule has 1 amide bonds. The first-order valence-electron chi connectivity index (χ1n) is 7.49. The molecule has 0 unspecified atom stereocenters. The second-order valence-corrected chi connectivity index (χ2v) is 6.58. The number of ketones is 1. The Hall–Kier alpha value is -2.15. The van der Waals surface area contributed by atoms with Crippen LogP contribution in [0.15, 0.2) is 29.6 Å². The first-order valence-corrected chi connectivity index (χ1v) is 8.37. The predicted octanol–water partition coefficient (Wildman–Crippen LogP) is 3.90. The van der Waals surface area contributed by atoms with Crippen molar-refractivity contribution in [2.75, 3.05) is 13.1 Å². The number of Topliss-reactive ketones (excluding diaryl/α,β-unsaturated/α-hetero) is 1. The zero-order chi connectivity index (χ0) is 17.3. The van der Waals surface area contributed by atoms with E-state index < -0.39 is 28.9 Å². The fraction of sp³-hybridized carbons (Fsp3) is 0.294. The fourth-order valence-corrected chi connectivity index (χ4v) is 3.57. The van der Waals surface area contributed by atoms with Crippen molar-refractivity contribution in [2.24, 2.45) is 5.92 Å². The highest BCUT2D eigenvalue weighted by Gasteiger charge is 2.30. The van der Waals surface area contributed by atoms with Crippen LogP contribution in [0, 0.1) is 23.4 Å². The maximum atomic E-state index is 13.7. The Morgan fingerprint density at radius 1 is 1.04 bits per heavy atom. The van der Waals surface area contributed by atoms with Crippen LogP contribution in [-0.4, -0.2) is 29.7 Å². The summed E-state index contributed by atoms with van der Waals surface area (Å²) >= 11 is 1.38. The molecule has 3 nitrogen and oxygen atoms in total. The van der Waals surface area contributed by atoms with Crippen LogP contribution in [0.3, 0.4) is 0 Å². The number of rotatable bonds is 3. The largest absolute Gasteiger partial charge is 0.339 e. The molecule has 2 heterocycles. The van der Waals surface area contributed by atoms with Gasteiger partial charge in [-0.1, -0.05) is 6.07 Å². The first-order chi connectivity index (χ1) is 11.5. The minimum Gasteiger partial charge on any atom is -0.339 e. The number of hydrogen-bond donors (Lipinski definition) is 0. The van der Waals surface area contributed by atoms with Gasteiger partial charge < -0.3 is 4.90 Å². The summed E-state index contributed by atoms with van der Waals surface area (Å²) in [6, 6.07) is 5.25. The van der Waals surface area contributed by atoms with Crippen LogP contribution in [0.25, 0.3) is 0 Å². The molecule has 0 radical (unpaired) electrons. The summed E-state index contributed by atoms with van der Waals surface area (Å²) in [4.78, 5) is 26.7. The van der Waals surface area contributed by atoms with Gasteiger partial charge in [-0.25, -0.2) is 13.2 Å². The Balaban J connectivity index is 1.68. The summed E-state index contributed by atoms with van der Waals surface area (Å²) in [7, 11) is 0. The predicted molar refractivity (Wildman–Crippen MR) is 83.6 cm³/mol. The van der Waals surface area contributed by atoms with Crippen molar-refractivity contribution in [3.05, 3.63) is 57.5 Å². The van der Waals surface area contributed by atoms with Crippen molar-refractivity contribution in [2.45, 2.75) is 12.8 Å². The van der Waals surface area contributed by atoms with Crippen molar-refractivity contribution < 1.29 is 22.8 Å². The normalized spacial score (nSPS) is 15.5. The maximum Gasteiger partial charge on any atom is 0.256 e. The minimum atomic E-state index is -1.65. The molecular weight excluding hydrogens is 339 g/mol. The van der Waals surface area contributed by atoms with Crippen molar-refractivity contribution in [1.82, 2.24) is 4.90 Å². The molecule has 0 atom stereocenters. The second kappa shape index (κ2) is 6.76. The lowest BCUT2D eigenvalue weighted by Crippen LogP contribution is -2.40. The van der Waals surface area contributed by atoms with E-state index >= 15 is 0 Å². The summed E-state index contributed by atoms with van der Waals surface area (Å²) < 4.78 is 40.0. The van der Waals surface area contributed by atoms with Gasteiger partial charge in [-0.15, -0.1) is 11.3 Å². The SMILES string of the molecule is O=C(c1cccs1)C1CCN(C(=O)c2ccc(F)c(F)c2F)CC1. The van der Waals surface area contributed by atoms with Gasteiger partial charge >= 0.3 is 0 Å². The second-order valence-electron chi connectivity index (χ2n) is 5.63. The molecule has 0 aliphatic carbocycles. The van der Waals surface area contributed by atoms with Gasteiger partial charge in [0, 0.05) is 19.0 Å². The van der Waals surface area contributed by atoms with Gasteiger partial charge in [0.05, 0.1) is 10.4 Å². The lowest BCUT2D eigenvalue weighted by Gasteiger charge is -2.31. The summed E-state index contributed by atoms with van der Waals surface area (Å²) in [5, 5.41) is 1.83. The van der Waals surface area contributed by atoms with Crippen LogP contribution >= 0.6 is 11.3 Å². The summed E-state index contributed by atoms with van der Waals surface area (Å²) in [6.07, 6.45) is 0.932. The van der Waals surface area contributed by atoms with Gasteiger partial charge in [0.25, 0.3) is 5.91 Å². The molecule has 0 N–H and O–H groups in total. The molecular formula is C17H14F3NO2S. The third-order valence-corrected chi connectivity index (χ3v) is 5.07. The standard InChI is InChI=1S/C17H14F3NO2S/c18-12-4-3-11(14(19)15(12)20)17(23)21-7-5-10(6-8-21)16(22)13-2-1-9-24-13/h1-4,9-10H,5-8H2. The fourth-order valence-electron chi connectivity index (χ4n) is 2.83. The molecule has 1 aromatic carbocycles. The molecule has 3 rings (SSSR count). The molecule has 24 heavy (non-hydrogen) atoms. The molecule has 0 saturated carbocycles. The number of piperidine rings is 1. The lowest BCUT2D eigenvalue weighted by molar-refractivity contribution is 0.0646. The van der Waals surface area contributed by atoms with Gasteiger partial charge in [0.1, 0.15) is 0 Å². The van der Waals surface area contributed by atoms with Gasteiger partial charge in [-0.2, -0.15) is 0 Å². The first kappa shape index (κ1) is 16.7. The third kappa shape index (κ3) is 3.08. The van der Waals surface area contributed by atoms with E-state index in [1.165, 1.54) is 16.2 Å². The molecule has 2 aromatic rings. The highest BCUT2D eigenvalue weighted by Crippen LogP contribution is 2.25. The van der Waals surface area contributed by atoms with Crippen LogP contribution in [0.4, 0.5) is 13.2 Å². The molecule has 0 bridgehead atoms. The van der Waals surface area contributed by atoms with Crippen LogP contribution in [0.1, 0.15) is 32.9 Å². The number of carbonyl (C=O) groups is 2. The van der Waals surface area contributed by atoms with E-state index in [1.54, 1.807) is 6.07 Å². The van der Waals surface area contributed by atoms with Crippen LogP contribution in [-0.2, 0) is 0 Å². The van der Waals surface area contributed by atoms with Crippen molar-refractivity contribution in [1.29, 1.82) is 0 Å². The quantitative estimate of drug-likeness (QED) is 0.620. The zero-order valence-corrected chi connectivity index (χ0v) is 13.4. The zero-order valence-electron chi connectivity index (χ0n) is 12.6. The summed E-state index contributed by atoms with van der Waals surface area (Å²) in [5.41, 5.74) is -0.489. The van der Waals surface area contributed by atoms with Crippen LogP contribution in [0.5, 0.6) is 0 Å². The van der Waals surface area contributed by atoms with E-state index in [0.29, 0.717) is 17.7 Å². The number of benzene rings is 1. The molecule has 1 aliphatic heterocycles. The number of hydrogen-bond acceptors (Lipinski definition) is 3. The number of carbonyl (C=O) groups excluding carboxylic acids is 2. The van der Waals surface area contributed by atoms with E-state index in [9.17, 15) is 22.8 Å². The van der Waals surface area contributed by atoms with Crippen LogP contribution < -0.4 is 0 Å². The Bertz CT molecular complexity index is 768. The van der Waals surface area contributed by atoms with E-state index in [4.69, 9.17) is 0 Å². The van der Waals surface area contributed by atoms with Gasteiger partial charge in [-0.3, -0.25) is 9.59 Å². The number of nitrogens with zero attached hydrogens (tertiary/aromatic N) is 1. The van der Waals surface area contributed by atoms with E-state index in [1.807, 2.05) is 11.4 Å². The smallest absolute Gasteiger partial charge is 0.256 e. The Morgan fingerprint density at radius 2 is 1.75 bits per heavy atom. The average Bonchev–Trinajstić information content (AvgIpc) is 3.13. The average molecular weight is 353 g/mol. The Kier molecular flexibility index (Phi) is 4.71. The summed E-state index contributed by atoms with van der Waals surface area (Å²) in [6.45, 7) is 0.554. The van der Waals surface area contributed by atoms with Crippen molar-refractivity contribution >= 4 is 23.0 Å². The molecule has 0 spiro atoms. The van der Waals surface area contributed by atoms with E-state index in [0.717, 1.165) is 12.1 Å². The molecule has 1 aromatic heterocycles. The lowest BCUT2D eigenvalue weighted by atomic mass is 9.91. The van der Waals surface area contributed by atoms with Gasteiger partial charge in [-0.05, 0) is 36.4 Å². The molecule has 1 aliphatic rings. The van der Waals surface area contributed by atoms with Gasteiger partial charge in [0.2, 0.25) is 0 Å². The maximum absolute atomic E-state index is 13.7. The highest BCUT2D eigenvalue weighted by atomic mass is 32.1. The third-order valence-electron chi connectivity index (χ3n) is 4.18. The molecule has 1 saturated heterocycles.